The Kier molecular flexibility index (Phi) is 6.72. The zero-order valence-corrected chi connectivity index (χ0v) is 19.3. The molecule has 1 unspecified atom stereocenters. The molecule has 2 aromatic carbocycles. The standard InChI is InChI=1S/C25H30N6O2/c1-17-9-11-21(12-10-17)31-19(3)24(28-29-31)25(33)26-18(2)15-23(32)27-20-7-6-8-22(16-20)30-13-4-5-14-30/h6-12,16,18H,4-5,13-15H2,1-3H3,(H,26,33)(H,27,32). The molecule has 1 saturated heterocycles. The van der Waals surface area contributed by atoms with Crippen molar-refractivity contribution >= 4 is 23.2 Å². The average Bonchev–Trinajstić information content (AvgIpc) is 3.44. The monoisotopic (exact) mass is 446 g/mol. The van der Waals surface area contributed by atoms with Crippen molar-refractivity contribution in [3.05, 3.63) is 65.5 Å². The molecule has 0 saturated carbocycles. The lowest BCUT2D eigenvalue weighted by Gasteiger charge is -2.19. The number of carbonyl (C=O) groups is 2. The van der Waals surface area contributed by atoms with Gasteiger partial charge in [-0.2, -0.15) is 0 Å². The van der Waals surface area contributed by atoms with Crippen LogP contribution in [-0.2, 0) is 4.79 Å². The van der Waals surface area contributed by atoms with Gasteiger partial charge in [0.1, 0.15) is 0 Å². The summed E-state index contributed by atoms with van der Waals surface area (Å²) >= 11 is 0. The normalized spacial score (nSPS) is 14.2. The molecule has 0 bridgehead atoms. The molecular formula is C25H30N6O2. The summed E-state index contributed by atoms with van der Waals surface area (Å²) in [5.74, 6) is -0.497. The summed E-state index contributed by atoms with van der Waals surface area (Å²) in [5, 5.41) is 14.0. The van der Waals surface area contributed by atoms with Gasteiger partial charge >= 0.3 is 0 Å². The first-order valence-corrected chi connectivity index (χ1v) is 11.4. The Labute approximate surface area is 194 Å². The molecule has 1 aromatic heterocycles. The molecule has 2 N–H and O–H groups in total. The van der Waals surface area contributed by atoms with Gasteiger partial charge in [0, 0.05) is 36.9 Å². The van der Waals surface area contributed by atoms with Crippen molar-refractivity contribution in [2.75, 3.05) is 23.3 Å². The average molecular weight is 447 g/mol. The van der Waals surface area contributed by atoms with Crippen LogP contribution in [0.2, 0.25) is 0 Å². The first-order chi connectivity index (χ1) is 15.9. The fourth-order valence-corrected chi connectivity index (χ4v) is 4.06. The molecule has 1 aliphatic heterocycles. The largest absolute Gasteiger partial charge is 0.371 e. The molecule has 1 aliphatic rings. The van der Waals surface area contributed by atoms with Gasteiger partial charge in [-0.3, -0.25) is 9.59 Å². The van der Waals surface area contributed by atoms with Crippen LogP contribution in [0.25, 0.3) is 5.69 Å². The third-order valence-corrected chi connectivity index (χ3v) is 5.86. The molecule has 33 heavy (non-hydrogen) atoms. The molecule has 8 heteroatoms. The van der Waals surface area contributed by atoms with Crippen LogP contribution in [0, 0.1) is 13.8 Å². The van der Waals surface area contributed by atoms with Crippen molar-refractivity contribution in [3.63, 3.8) is 0 Å². The lowest BCUT2D eigenvalue weighted by molar-refractivity contribution is -0.116. The summed E-state index contributed by atoms with van der Waals surface area (Å²) in [6.45, 7) is 7.72. The Morgan fingerprint density at radius 2 is 1.76 bits per heavy atom. The van der Waals surface area contributed by atoms with E-state index in [9.17, 15) is 9.59 Å². The van der Waals surface area contributed by atoms with Gasteiger partial charge in [-0.15, -0.1) is 5.10 Å². The first-order valence-electron chi connectivity index (χ1n) is 11.4. The molecule has 0 radical (unpaired) electrons. The highest BCUT2D eigenvalue weighted by molar-refractivity contribution is 5.95. The van der Waals surface area contributed by atoms with E-state index in [0.29, 0.717) is 5.69 Å². The van der Waals surface area contributed by atoms with Crippen molar-refractivity contribution < 1.29 is 9.59 Å². The van der Waals surface area contributed by atoms with Crippen molar-refractivity contribution in [1.82, 2.24) is 20.3 Å². The lowest BCUT2D eigenvalue weighted by Crippen LogP contribution is -2.36. The Hall–Kier alpha value is -3.68. The van der Waals surface area contributed by atoms with Gasteiger partial charge in [0.05, 0.1) is 11.4 Å². The number of benzene rings is 2. The maximum absolute atomic E-state index is 12.7. The summed E-state index contributed by atoms with van der Waals surface area (Å²) < 4.78 is 1.64. The van der Waals surface area contributed by atoms with E-state index in [1.54, 1.807) is 18.5 Å². The van der Waals surface area contributed by atoms with E-state index < -0.39 is 0 Å². The number of anilines is 2. The fourth-order valence-electron chi connectivity index (χ4n) is 4.06. The minimum absolute atomic E-state index is 0.151. The van der Waals surface area contributed by atoms with E-state index in [-0.39, 0.29) is 30.0 Å². The number of aryl methyl sites for hydroxylation is 1. The number of carbonyl (C=O) groups excluding carboxylic acids is 2. The van der Waals surface area contributed by atoms with Crippen molar-refractivity contribution in [2.24, 2.45) is 0 Å². The van der Waals surface area contributed by atoms with E-state index in [0.717, 1.165) is 35.7 Å². The lowest BCUT2D eigenvalue weighted by atomic mass is 10.2. The van der Waals surface area contributed by atoms with E-state index in [1.165, 1.54) is 12.8 Å². The smallest absolute Gasteiger partial charge is 0.273 e. The maximum Gasteiger partial charge on any atom is 0.273 e. The van der Waals surface area contributed by atoms with Gasteiger partial charge in [-0.25, -0.2) is 4.68 Å². The fraction of sp³-hybridized carbons (Fsp3) is 0.360. The van der Waals surface area contributed by atoms with Gasteiger partial charge in [-0.05, 0) is 63.9 Å². The van der Waals surface area contributed by atoms with Crippen LogP contribution in [0.5, 0.6) is 0 Å². The summed E-state index contributed by atoms with van der Waals surface area (Å²) in [6, 6.07) is 15.4. The highest BCUT2D eigenvalue weighted by Crippen LogP contribution is 2.23. The summed E-state index contributed by atoms with van der Waals surface area (Å²) in [7, 11) is 0. The third-order valence-electron chi connectivity index (χ3n) is 5.86. The molecule has 0 spiro atoms. The topological polar surface area (TPSA) is 92.1 Å². The van der Waals surface area contributed by atoms with Crippen LogP contribution in [0.4, 0.5) is 11.4 Å². The second kappa shape index (κ2) is 9.85. The maximum atomic E-state index is 12.7. The Morgan fingerprint density at radius 1 is 1.03 bits per heavy atom. The molecule has 4 rings (SSSR count). The molecular weight excluding hydrogens is 416 g/mol. The van der Waals surface area contributed by atoms with Gasteiger partial charge in [0.15, 0.2) is 5.69 Å². The van der Waals surface area contributed by atoms with E-state index in [2.05, 4.69) is 31.9 Å². The van der Waals surface area contributed by atoms with E-state index in [1.807, 2.05) is 49.4 Å². The molecule has 1 atom stereocenters. The van der Waals surface area contributed by atoms with E-state index >= 15 is 0 Å². The molecule has 2 amide bonds. The highest BCUT2D eigenvalue weighted by atomic mass is 16.2. The van der Waals surface area contributed by atoms with Crippen molar-refractivity contribution in [3.8, 4) is 5.69 Å². The Balaban J connectivity index is 1.33. The summed E-state index contributed by atoms with van der Waals surface area (Å²) in [6.07, 6.45) is 2.56. The van der Waals surface area contributed by atoms with Crippen LogP contribution in [0.3, 0.4) is 0 Å². The third kappa shape index (κ3) is 5.39. The molecule has 0 aliphatic carbocycles. The SMILES string of the molecule is Cc1ccc(-n2nnc(C(=O)NC(C)CC(=O)Nc3cccc(N4CCCC4)c3)c2C)cc1. The summed E-state index contributed by atoms with van der Waals surface area (Å²) in [4.78, 5) is 27.6. The molecule has 1 fully saturated rings. The van der Waals surface area contributed by atoms with E-state index in [4.69, 9.17) is 0 Å². The zero-order chi connectivity index (χ0) is 23.4. The first kappa shape index (κ1) is 22.5. The minimum atomic E-state index is -0.358. The number of aromatic nitrogens is 3. The zero-order valence-electron chi connectivity index (χ0n) is 19.3. The minimum Gasteiger partial charge on any atom is -0.371 e. The van der Waals surface area contributed by atoms with Gasteiger partial charge < -0.3 is 15.5 Å². The van der Waals surface area contributed by atoms with Crippen molar-refractivity contribution in [2.45, 2.75) is 46.1 Å². The predicted octanol–water partition coefficient (Wildman–Crippen LogP) is 3.63. The van der Waals surface area contributed by atoms with Crippen LogP contribution >= 0.6 is 0 Å². The quantitative estimate of drug-likeness (QED) is 0.578. The summed E-state index contributed by atoms with van der Waals surface area (Å²) in [5.41, 5.74) is 4.77. The number of rotatable bonds is 7. The number of amides is 2. The second-order valence-electron chi connectivity index (χ2n) is 8.64. The predicted molar refractivity (Wildman–Crippen MR) is 129 cm³/mol. The van der Waals surface area contributed by atoms with Crippen LogP contribution in [0.15, 0.2) is 48.5 Å². The second-order valence-corrected chi connectivity index (χ2v) is 8.64. The molecule has 2 heterocycles. The van der Waals surface area contributed by atoms with Gasteiger partial charge in [0.2, 0.25) is 5.91 Å². The number of nitrogens with zero attached hydrogens (tertiary/aromatic N) is 4. The Morgan fingerprint density at radius 3 is 2.48 bits per heavy atom. The number of hydrogen-bond donors (Lipinski definition) is 2. The Bertz CT molecular complexity index is 1130. The number of hydrogen-bond acceptors (Lipinski definition) is 5. The van der Waals surface area contributed by atoms with Crippen LogP contribution in [0.1, 0.15) is 47.9 Å². The molecule has 172 valence electrons. The van der Waals surface area contributed by atoms with Gasteiger partial charge in [0.25, 0.3) is 5.91 Å². The van der Waals surface area contributed by atoms with Crippen LogP contribution in [-0.4, -0.2) is 45.9 Å². The van der Waals surface area contributed by atoms with Crippen LogP contribution < -0.4 is 15.5 Å². The number of nitrogens with one attached hydrogen (secondary N) is 2. The highest BCUT2D eigenvalue weighted by Gasteiger charge is 2.20. The molecule has 8 nitrogen and oxygen atoms in total. The van der Waals surface area contributed by atoms with Crippen molar-refractivity contribution in [1.29, 1.82) is 0 Å². The molecule has 3 aromatic rings. The van der Waals surface area contributed by atoms with Gasteiger partial charge in [-0.1, -0.05) is 29.0 Å².